The first-order valence-corrected chi connectivity index (χ1v) is 10.8. The van der Waals surface area contributed by atoms with Gasteiger partial charge in [0.05, 0.1) is 11.5 Å². The maximum atomic E-state index is 11.1. The summed E-state index contributed by atoms with van der Waals surface area (Å²) >= 11 is 1.31. The van der Waals surface area contributed by atoms with Crippen LogP contribution in [0.5, 0.6) is 5.88 Å². The first kappa shape index (κ1) is 20.8. The minimum Gasteiger partial charge on any atom is -0.479 e. The van der Waals surface area contributed by atoms with Crippen molar-refractivity contribution in [3.8, 4) is 5.88 Å². The predicted molar refractivity (Wildman–Crippen MR) is 114 cm³/mol. The number of hydrogen-bond acceptors (Lipinski definition) is 9. The number of hydrazine groups is 1. The molecule has 4 N–H and O–H groups in total. The Morgan fingerprint density at radius 2 is 2.23 bits per heavy atom. The standard InChI is InChI=1S/C20H26N6O3S/c1-11-4-5-15(21-8-11)14-6-13(14)9-29-17-7-16(23-12(2)24-17)22-10-20(3)26-25-18(30-20)19(27)28/h4-5,7-8,13-14,18,25-26H,6,9-10H2,1-3H3,(H,27,28)(H,22,23,24)/t13-,14+,18?,20?/m1/s1. The molecule has 1 saturated heterocycles. The van der Waals surface area contributed by atoms with Gasteiger partial charge in [-0.1, -0.05) is 6.07 Å². The second-order valence-corrected chi connectivity index (χ2v) is 9.61. The number of rotatable bonds is 8. The number of ether oxygens (including phenoxy) is 1. The smallest absolute Gasteiger partial charge is 0.332 e. The lowest BCUT2D eigenvalue weighted by atomic mass is 10.2. The quantitative estimate of drug-likeness (QED) is 0.495. The zero-order valence-electron chi connectivity index (χ0n) is 17.2. The van der Waals surface area contributed by atoms with Crippen molar-refractivity contribution in [3.05, 3.63) is 41.5 Å². The monoisotopic (exact) mass is 430 g/mol. The molecule has 4 atom stereocenters. The number of pyridine rings is 1. The van der Waals surface area contributed by atoms with E-state index < -0.39 is 16.2 Å². The molecule has 1 saturated carbocycles. The Balaban J connectivity index is 1.30. The lowest BCUT2D eigenvalue weighted by molar-refractivity contribution is -0.137. The van der Waals surface area contributed by atoms with Gasteiger partial charge < -0.3 is 15.2 Å². The number of carboxylic acid groups (broad SMARTS) is 1. The van der Waals surface area contributed by atoms with Crippen LogP contribution >= 0.6 is 11.8 Å². The molecule has 0 bridgehead atoms. The van der Waals surface area contributed by atoms with Gasteiger partial charge in [-0.3, -0.25) is 4.98 Å². The third-order valence-electron chi connectivity index (χ3n) is 5.17. The zero-order valence-corrected chi connectivity index (χ0v) is 18.0. The molecule has 1 aliphatic carbocycles. The molecule has 2 aromatic heterocycles. The Kier molecular flexibility index (Phi) is 5.81. The zero-order chi connectivity index (χ0) is 21.3. The number of aryl methyl sites for hydroxylation is 2. The molecule has 0 aromatic carbocycles. The molecule has 10 heteroatoms. The second-order valence-electron chi connectivity index (χ2n) is 8.00. The Morgan fingerprint density at radius 3 is 2.93 bits per heavy atom. The molecule has 0 spiro atoms. The summed E-state index contributed by atoms with van der Waals surface area (Å²) in [5, 5.41) is 11.7. The number of anilines is 1. The summed E-state index contributed by atoms with van der Waals surface area (Å²) in [5.41, 5.74) is 8.09. The number of carbonyl (C=O) groups is 1. The highest BCUT2D eigenvalue weighted by Gasteiger charge is 2.40. The molecule has 3 heterocycles. The number of aliphatic carboxylic acids is 1. The molecule has 2 aliphatic rings. The summed E-state index contributed by atoms with van der Waals surface area (Å²) in [7, 11) is 0. The van der Waals surface area contributed by atoms with E-state index in [4.69, 9.17) is 9.84 Å². The molecule has 4 rings (SSSR count). The van der Waals surface area contributed by atoms with Crippen LogP contribution in [0.2, 0.25) is 0 Å². The fourth-order valence-electron chi connectivity index (χ4n) is 3.38. The molecule has 0 radical (unpaired) electrons. The fourth-order valence-corrected chi connectivity index (χ4v) is 4.40. The molecular formula is C20H26N6O3S. The summed E-state index contributed by atoms with van der Waals surface area (Å²) in [4.78, 5) is 23.9. The van der Waals surface area contributed by atoms with Gasteiger partial charge >= 0.3 is 5.97 Å². The van der Waals surface area contributed by atoms with E-state index in [2.05, 4.69) is 43.3 Å². The van der Waals surface area contributed by atoms with Gasteiger partial charge in [-0.05, 0) is 38.8 Å². The van der Waals surface area contributed by atoms with Crippen molar-refractivity contribution in [3.63, 3.8) is 0 Å². The summed E-state index contributed by atoms with van der Waals surface area (Å²) in [5.74, 6) is 1.79. The SMILES string of the molecule is Cc1ccc([C@H]2C[C@@H]2COc2cc(NCC3(C)NNC(C(=O)O)S3)nc(C)n2)nc1. The van der Waals surface area contributed by atoms with Gasteiger partial charge in [-0.2, -0.15) is 4.98 Å². The van der Waals surface area contributed by atoms with E-state index in [-0.39, 0.29) is 0 Å². The molecule has 0 amide bonds. The van der Waals surface area contributed by atoms with Crippen LogP contribution in [-0.4, -0.2) is 49.4 Å². The van der Waals surface area contributed by atoms with E-state index in [1.807, 2.05) is 27.0 Å². The van der Waals surface area contributed by atoms with Gasteiger partial charge in [0.15, 0.2) is 5.37 Å². The number of hydrogen-bond donors (Lipinski definition) is 4. The lowest BCUT2D eigenvalue weighted by Gasteiger charge is -2.23. The van der Waals surface area contributed by atoms with E-state index in [1.165, 1.54) is 11.8 Å². The molecule has 1 aliphatic heterocycles. The van der Waals surface area contributed by atoms with Crippen molar-refractivity contribution < 1.29 is 14.6 Å². The van der Waals surface area contributed by atoms with Crippen molar-refractivity contribution in [2.24, 2.45) is 5.92 Å². The van der Waals surface area contributed by atoms with Crippen molar-refractivity contribution in [2.75, 3.05) is 18.5 Å². The van der Waals surface area contributed by atoms with Gasteiger partial charge in [-0.15, -0.1) is 11.8 Å². The van der Waals surface area contributed by atoms with Crippen molar-refractivity contribution in [1.82, 2.24) is 25.8 Å². The first-order chi connectivity index (χ1) is 14.3. The molecule has 30 heavy (non-hydrogen) atoms. The Morgan fingerprint density at radius 1 is 1.40 bits per heavy atom. The highest BCUT2D eigenvalue weighted by atomic mass is 32.2. The Hall–Kier alpha value is -2.43. The lowest BCUT2D eigenvalue weighted by Crippen LogP contribution is -2.46. The van der Waals surface area contributed by atoms with E-state index in [9.17, 15) is 4.79 Å². The third kappa shape index (κ3) is 5.00. The number of thioether (sulfide) groups is 1. The molecular weight excluding hydrogens is 404 g/mol. The van der Waals surface area contributed by atoms with Gasteiger partial charge in [0.25, 0.3) is 0 Å². The summed E-state index contributed by atoms with van der Waals surface area (Å²) in [6.07, 6.45) is 2.98. The van der Waals surface area contributed by atoms with Crippen LogP contribution in [0.1, 0.15) is 36.3 Å². The van der Waals surface area contributed by atoms with E-state index >= 15 is 0 Å². The average molecular weight is 431 g/mol. The van der Waals surface area contributed by atoms with Crippen LogP contribution in [0.3, 0.4) is 0 Å². The third-order valence-corrected chi connectivity index (χ3v) is 6.50. The van der Waals surface area contributed by atoms with Crippen LogP contribution in [0.4, 0.5) is 5.82 Å². The van der Waals surface area contributed by atoms with E-state index in [1.54, 1.807) is 6.07 Å². The van der Waals surface area contributed by atoms with E-state index in [0.717, 1.165) is 17.7 Å². The molecule has 2 unspecified atom stereocenters. The second kappa shape index (κ2) is 8.37. The van der Waals surface area contributed by atoms with Gasteiger partial charge in [0.2, 0.25) is 5.88 Å². The van der Waals surface area contributed by atoms with Crippen LogP contribution in [0, 0.1) is 19.8 Å². The molecule has 9 nitrogen and oxygen atoms in total. The molecule has 2 fully saturated rings. The Bertz CT molecular complexity index is 927. The minimum absolute atomic E-state index is 0.448. The largest absolute Gasteiger partial charge is 0.479 e. The van der Waals surface area contributed by atoms with Crippen LogP contribution < -0.4 is 20.9 Å². The number of carboxylic acids is 1. The maximum absolute atomic E-state index is 11.1. The molecule has 160 valence electrons. The molecule has 2 aromatic rings. The van der Waals surface area contributed by atoms with Crippen molar-refractivity contribution >= 4 is 23.5 Å². The fraction of sp³-hybridized carbons (Fsp3) is 0.500. The number of nitrogens with zero attached hydrogens (tertiary/aromatic N) is 3. The normalized spacial score (nSPS) is 27.6. The number of nitrogens with one attached hydrogen (secondary N) is 3. The van der Waals surface area contributed by atoms with E-state index in [0.29, 0.717) is 42.5 Å². The predicted octanol–water partition coefficient (Wildman–Crippen LogP) is 2.05. The Labute approximate surface area is 179 Å². The average Bonchev–Trinajstić information content (AvgIpc) is 3.37. The maximum Gasteiger partial charge on any atom is 0.332 e. The van der Waals surface area contributed by atoms with Crippen LogP contribution in [0.25, 0.3) is 0 Å². The summed E-state index contributed by atoms with van der Waals surface area (Å²) in [6.45, 7) is 6.86. The highest BCUT2D eigenvalue weighted by molar-refractivity contribution is 8.02. The van der Waals surface area contributed by atoms with Crippen LogP contribution in [0.15, 0.2) is 24.4 Å². The number of aromatic nitrogens is 3. The van der Waals surface area contributed by atoms with Gasteiger partial charge in [0.1, 0.15) is 11.6 Å². The topological polar surface area (TPSA) is 121 Å². The van der Waals surface area contributed by atoms with Crippen LogP contribution in [-0.2, 0) is 4.79 Å². The van der Waals surface area contributed by atoms with Gasteiger partial charge in [-0.25, -0.2) is 20.6 Å². The first-order valence-electron chi connectivity index (χ1n) is 9.89. The minimum atomic E-state index is -0.899. The van der Waals surface area contributed by atoms with Crippen molar-refractivity contribution in [2.45, 2.75) is 43.4 Å². The van der Waals surface area contributed by atoms with Crippen molar-refractivity contribution in [1.29, 1.82) is 0 Å². The summed E-state index contributed by atoms with van der Waals surface area (Å²) < 4.78 is 5.94. The summed E-state index contributed by atoms with van der Waals surface area (Å²) in [6, 6.07) is 5.96. The van der Waals surface area contributed by atoms with Gasteiger partial charge in [0, 0.05) is 36.3 Å². The highest BCUT2D eigenvalue weighted by Crippen LogP contribution is 2.46.